The Morgan fingerprint density at radius 2 is 2.24 bits per heavy atom. The molecule has 118 valence electrons. The van der Waals surface area contributed by atoms with Crippen LogP contribution in [0.1, 0.15) is 12.0 Å². The van der Waals surface area contributed by atoms with E-state index < -0.39 is 0 Å². The van der Waals surface area contributed by atoms with E-state index in [1.165, 1.54) is 19.6 Å². The van der Waals surface area contributed by atoms with Crippen LogP contribution in [0.3, 0.4) is 0 Å². The van der Waals surface area contributed by atoms with Gasteiger partial charge in [0.15, 0.2) is 11.6 Å². The second-order valence-electron chi connectivity index (χ2n) is 5.55. The molecule has 1 aliphatic rings. The van der Waals surface area contributed by atoms with Crippen molar-refractivity contribution in [3.63, 3.8) is 0 Å². The van der Waals surface area contributed by atoms with Gasteiger partial charge in [-0.25, -0.2) is 4.39 Å². The Bertz CT molecular complexity index is 442. The van der Waals surface area contributed by atoms with Crippen LogP contribution >= 0.6 is 0 Å². The summed E-state index contributed by atoms with van der Waals surface area (Å²) in [5, 5.41) is 3.46. The quantitative estimate of drug-likeness (QED) is 0.794. The number of hydrogen-bond donors (Lipinski definition) is 1. The molecule has 0 bridgehead atoms. The van der Waals surface area contributed by atoms with Crippen LogP contribution in [0.2, 0.25) is 0 Å². The highest BCUT2D eigenvalue weighted by Gasteiger charge is 2.21. The minimum atomic E-state index is -0.314. The van der Waals surface area contributed by atoms with Crippen molar-refractivity contribution in [2.45, 2.75) is 13.0 Å². The molecule has 1 aromatic carbocycles. The molecule has 1 fully saturated rings. The van der Waals surface area contributed by atoms with Crippen molar-refractivity contribution in [1.82, 2.24) is 10.2 Å². The van der Waals surface area contributed by atoms with E-state index in [0.29, 0.717) is 11.7 Å². The van der Waals surface area contributed by atoms with Crippen LogP contribution in [-0.2, 0) is 11.3 Å². The van der Waals surface area contributed by atoms with Crippen LogP contribution in [0.5, 0.6) is 5.75 Å². The molecular weight excluding hydrogens is 271 g/mol. The van der Waals surface area contributed by atoms with Gasteiger partial charge < -0.3 is 19.7 Å². The molecule has 0 spiro atoms. The van der Waals surface area contributed by atoms with E-state index in [1.54, 1.807) is 19.2 Å². The Hall–Kier alpha value is -1.17. The summed E-state index contributed by atoms with van der Waals surface area (Å²) in [6, 6.07) is 5.00. The molecule has 2 rings (SSSR count). The van der Waals surface area contributed by atoms with Gasteiger partial charge in [-0.1, -0.05) is 6.07 Å². The van der Waals surface area contributed by atoms with Gasteiger partial charge >= 0.3 is 0 Å². The average molecular weight is 296 g/mol. The summed E-state index contributed by atoms with van der Waals surface area (Å²) in [6.07, 6.45) is 1.23. The maximum absolute atomic E-state index is 13.3. The van der Waals surface area contributed by atoms with Gasteiger partial charge in [0.2, 0.25) is 0 Å². The summed E-state index contributed by atoms with van der Waals surface area (Å²) in [5.74, 6) is 0.677. The van der Waals surface area contributed by atoms with Crippen LogP contribution in [0.4, 0.5) is 4.39 Å². The van der Waals surface area contributed by atoms with Gasteiger partial charge in [-0.05, 0) is 43.1 Å². The fraction of sp³-hybridized carbons (Fsp3) is 0.625. The highest BCUT2D eigenvalue weighted by atomic mass is 19.1. The number of methoxy groups -OCH3 is 2. The summed E-state index contributed by atoms with van der Waals surface area (Å²) in [7, 11) is 3.23. The monoisotopic (exact) mass is 296 g/mol. The molecule has 0 amide bonds. The topological polar surface area (TPSA) is 33.7 Å². The highest BCUT2D eigenvalue weighted by Crippen LogP contribution is 2.18. The minimum Gasteiger partial charge on any atom is -0.494 e. The summed E-state index contributed by atoms with van der Waals surface area (Å²) in [5.41, 5.74) is 1.04. The van der Waals surface area contributed by atoms with Crippen molar-refractivity contribution in [3.05, 3.63) is 29.6 Å². The van der Waals surface area contributed by atoms with Gasteiger partial charge in [0.25, 0.3) is 0 Å². The van der Waals surface area contributed by atoms with Gasteiger partial charge in [0.05, 0.1) is 13.7 Å². The number of likely N-dealkylation sites (tertiary alicyclic amines) is 1. The van der Waals surface area contributed by atoms with Crippen LogP contribution in [0, 0.1) is 11.7 Å². The fourth-order valence-electron chi connectivity index (χ4n) is 2.74. The fourth-order valence-corrected chi connectivity index (χ4v) is 2.74. The molecule has 1 N–H and O–H groups in total. The molecular formula is C16H25FN2O2. The van der Waals surface area contributed by atoms with Crippen molar-refractivity contribution in [3.8, 4) is 5.75 Å². The molecule has 0 radical (unpaired) electrons. The van der Waals surface area contributed by atoms with Gasteiger partial charge in [-0.2, -0.15) is 0 Å². The molecule has 1 heterocycles. The third-order valence-corrected chi connectivity index (χ3v) is 3.96. The molecule has 0 aliphatic carbocycles. The number of rotatable bonds is 8. The van der Waals surface area contributed by atoms with Gasteiger partial charge in [0.1, 0.15) is 0 Å². The Balaban J connectivity index is 1.70. The van der Waals surface area contributed by atoms with Crippen molar-refractivity contribution >= 4 is 0 Å². The first kappa shape index (κ1) is 16.2. The van der Waals surface area contributed by atoms with Gasteiger partial charge in [-0.3, -0.25) is 0 Å². The molecule has 4 nitrogen and oxygen atoms in total. The standard InChI is InChI=1S/C16H25FN2O2/c1-20-8-7-19-6-5-14(12-19)11-18-10-13-3-4-15(17)16(9-13)21-2/h3-4,9,14,18H,5-8,10-12H2,1-2H3. The first-order valence-electron chi connectivity index (χ1n) is 7.47. The normalized spacial score (nSPS) is 19.1. The third kappa shape index (κ3) is 4.95. The largest absolute Gasteiger partial charge is 0.494 e. The first-order chi connectivity index (χ1) is 10.2. The van der Waals surface area contributed by atoms with Crippen molar-refractivity contribution in [2.75, 3.05) is 47.0 Å². The zero-order valence-electron chi connectivity index (χ0n) is 12.9. The molecule has 1 saturated heterocycles. The van der Waals surface area contributed by atoms with Crippen LogP contribution in [-0.4, -0.2) is 51.9 Å². The second kappa shape index (κ2) is 8.32. The molecule has 0 saturated carbocycles. The lowest BCUT2D eigenvalue weighted by Gasteiger charge is -2.15. The number of nitrogens with zero attached hydrogens (tertiary/aromatic N) is 1. The Kier molecular flexibility index (Phi) is 6.42. The number of benzene rings is 1. The third-order valence-electron chi connectivity index (χ3n) is 3.96. The van der Waals surface area contributed by atoms with E-state index in [2.05, 4.69) is 10.2 Å². The van der Waals surface area contributed by atoms with E-state index >= 15 is 0 Å². The summed E-state index contributed by atoms with van der Waals surface area (Å²) in [4.78, 5) is 2.44. The molecule has 1 aromatic rings. The van der Waals surface area contributed by atoms with Crippen molar-refractivity contribution in [1.29, 1.82) is 0 Å². The number of hydrogen-bond acceptors (Lipinski definition) is 4. The predicted molar refractivity (Wildman–Crippen MR) is 81.1 cm³/mol. The van der Waals surface area contributed by atoms with E-state index in [-0.39, 0.29) is 5.82 Å². The highest BCUT2D eigenvalue weighted by molar-refractivity contribution is 5.30. The van der Waals surface area contributed by atoms with Crippen LogP contribution in [0.25, 0.3) is 0 Å². The van der Waals surface area contributed by atoms with Crippen LogP contribution < -0.4 is 10.1 Å². The van der Waals surface area contributed by atoms with Gasteiger partial charge in [-0.15, -0.1) is 0 Å². The molecule has 1 atom stereocenters. The maximum atomic E-state index is 13.3. The van der Waals surface area contributed by atoms with E-state index in [0.717, 1.165) is 44.9 Å². The molecule has 1 aliphatic heterocycles. The number of halogens is 1. The first-order valence-corrected chi connectivity index (χ1v) is 7.47. The Morgan fingerprint density at radius 1 is 1.38 bits per heavy atom. The predicted octanol–water partition coefficient (Wildman–Crippen LogP) is 1.89. The summed E-state index contributed by atoms with van der Waals surface area (Å²) >= 11 is 0. The maximum Gasteiger partial charge on any atom is 0.165 e. The van der Waals surface area contributed by atoms with E-state index in [1.807, 2.05) is 0 Å². The zero-order chi connectivity index (χ0) is 15.1. The van der Waals surface area contributed by atoms with Gasteiger partial charge in [0, 0.05) is 26.7 Å². The molecule has 5 heteroatoms. The molecule has 0 aromatic heterocycles. The SMILES string of the molecule is COCCN1CCC(CNCc2ccc(F)c(OC)c2)C1. The Labute approximate surface area is 126 Å². The lowest BCUT2D eigenvalue weighted by molar-refractivity contribution is 0.159. The lowest BCUT2D eigenvalue weighted by Crippen LogP contribution is -2.28. The Morgan fingerprint density at radius 3 is 3.00 bits per heavy atom. The lowest BCUT2D eigenvalue weighted by atomic mass is 10.1. The van der Waals surface area contributed by atoms with Crippen molar-refractivity contribution < 1.29 is 13.9 Å². The second-order valence-corrected chi connectivity index (χ2v) is 5.55. The molecule has 21 heavy (non-hydrogen) atoms. The average Bonchev–Trinajstić information content (AvgIpc) is 2.94. The molecule has 1 unspecified atom stereocenters. The van der Waals surface area contributed by atoms with Crippen molar-refractivity contribution in [2.24, 2.45) is 5.92 Å². The van der Waals surface area contributed by atoms with Crippen LogP contribution in [0.15, 0.2) is 18.2 Å². The number of ether oxygens (including phenoxy) is 2. The number of nitrogens with one attached hydrogen (secondary N) is 1. The van der Waals surface area contributed by atoms with E-state index in [9.17, 15) is 4.39 Å². The van der Waals surface area contributed by atoms with E-state index in [4.69, 9.17) is 9.47 Å². The smallest absolute Gasteiger partial charge is 0.165 e. The summed E-state index contributed by atoms with van der Waals surface area (Å²) in [6.45, 7) is 5.83. The zero-order valence-corrected chi connectivity index (χ0v) is 12.9. The minimum absolute atomic E-state index is 0.306. The summed E-state index contributed by atoms with van der Waals surface area (Å²) < 4.78 is 23.4.